The van der Waals surface area contributed by atoms with Gasteiger partial charge in [0, 0.05) is 51.7 Å². The first-order valence-corrected chi connectivity index (χ1v) is 7.34. The van der Waals surface area contributed by atoms with Crippen molar-refractivity contribution in [2.45, 2.75) is 19.4 Å². The molecule has 1 saturated carbocycles. The first-order chi connectivity index (χ1) is 9.73. The lowest BCUT2D eigenvalue weighted by Gasteiger charge is -2.36. The van der Waals surface area contributed by atoms with Crippen LogP contribution in [0.3, 0.4) is 0 Å². The highest BCUT2D eigenvalue weighted by Crippen LogP contribution is 2.46. The lowest BCUT2D eigenvalue weighted by atomic mass is 10.1. The summed E-state index contributed by atoms with van der Waals surface area (Å²) in [6.07, 6.45) is 5.60. The zero-order valence-electron chi connectivity index (χ0n) is 11.8. The van der Waals surface area contributed by atoms with Gasteiger partial charge in [-0.05, 0) is 30.5 Å². The second-order valence-corrected chi connectivity index (χ2v) is 5.91. The number of carbonyl (C=O) groups excluding carboxylic acids is 1. The van der Waals surface area contributed by atoms with E-state index in [0.717, 1.165) is 45.6 Å². The number of nitrogens with zero attached hydrogens (tertiary/aromatic N) is 3. The van der Waals surface area contributed by atoms with Gasteiger partial charge in [-0.15, -0.1) is 0 Å². The van der Waals surface area contributed by atoms with Gasteiger partial charge in [0.05, 0.1) is 5.41 Å². The molecule has 1 aromatic heterocycles. The van der Waals surface area contributed by atoms with Gasteiger partial charge in [0.25, 0.3) is 0 Å². The summed E-state index contributed by atoms with van der Waals surface area (Å²) < 4.78 is 0. The molecule has 2 heterocycles. The molecular formula is C15H22N4O. The quantitative estimate of drug-likeness (QED) is 0.866. The average Bonchev–Trinajstić information content (AvgIpc) is 3.30. The fraction of sp³-hybridized carbons (Fsp3) is 0.600. The average molecular weight is 274 g/mol. The highest BCUT2D eigenvalue weighted by Gasteiger charge is 2.50. The van der Waals surface area contributed by atoms with Crippen LogP contribution in [0.25, 0.3) is 0 Å². The summed E-state index contributed by atoms with van der Waals surface area (Å²) >= 11 is 0. The summed E-state index contributed by atoms with van der Waals surface area (Å²) in [6.45, 7) is 4.97. The Morgan fingerprint density at radius 1 is 1.20 bits per heavy atom. The molecular weight excluding hydrogens is 252 g/mol. The molecule has 1 aliphatic heterocycles. The van der Waals surface area contributed by atoms with Crippen LogP contribution in [-0.4, -0.2) is 53.4 Å². The van der Waals surface area contributed by atoms with Crippen molar-refractivity contribution in [1.29, 1.82) is 0 Å². The van der Waals surface area contributed by atoms with Crippen LogP contribution in [0.1, 0.15) is 18.4 Å². The number of piperazine rings is 1. The van der Waals surface area contributed by atoms with E-state index in [4.69, 9.17) is 5.73 Å². The van der Waals surface area contributed by atoms with Crippen LogP contribution in [0.2, 0.25) is 0 Å². The van der Waals surface area contributed by atoms with E-state index in [2.05, 4.69) is 9.88 Å². The maximum Gasteiger partial charge on any atom is 0.230 e. The molecule has 1 amide bonds. The van der Waals surface area contributed by atoms with E-state index in [1.165, 1.54) is 5.56 Å². The normalized spacial score (nSPS) is 21.8. The number of hydrogen-bond acceptors (Lipinski definition) is 4. The minimum atomic E-state index is -0.201. The van der Waals surface area contributed by atoms with E-state index in [0.29, 0.717) is 6.54 Å². The second kappa shape index (κ2) is 5.50. The number of aromatic nitrogens is 1. The van der Waals surface area contributed by atoms with Crippen LogP contribution in [-0.2, 0) is 11.3 Å². The topological polar surface area (TPSA) is 62.5 Å². The number of carbonyl (C=O) groups is 1. The third-order valence-electron chi connectivity index (χ3n) is 4.51. The van der Waals surface area contributed by atoms with Crippen molar-refractivity contribution < 1.29 is 4.79 Å². The monoisotopic (exact) mass is 274 g/mol. The van der Waals surface area contributed by atoms with E-state index in [1.54, 1.807) is 0 Å². The van der Waals surface area contributed by atoms with Gasteiger partial charge in [0.2, 0.25) is 5.91 Å². The van der Waals surface area contributed by atoms with Crippen LogP contribution >= 0.6 is 0 Å². The second-order valence-electron chi connectivity index (χ2n) is 5.91. The predicted molar refractivity (Wildman–Crippen MR) is 76.8 cm³/mol. The molecule has 5 nitrogen and oxygen atoms in total. The van der Waals surface area contributed by atoms with Gasteiger partial charge in [0.15, 0.2) is 0 Å². The Morgan fingerprint density at radius 3 is 2.40 bits per heavy atom. The first-order valence-electron chi connectivity index (χ1n) is 7.34. The Morgan fingerprint density at radius 2 is 1.85 bits per heavy atom. The van der Waals surface area contributed by atoms with Crippen LogP contribution in [0.4, 0.5) is 0 Å². The summed E-state index contributed by atoms with van der Waals surface area (Å²) in [6, 6.07) is 4.09. The van der Waals surface area contributed by atoms with Crippen molar-refractivity contribution in [3.05, 3.63) is 30.1 Å². The number of rotatable bonds is 4. The van der Waals surface area contributed by atoms with Crippen molar-refractivity contribution in [1.82, 2.24) is 14.8 Å². The van der Waals surface area contributed by atoms with Crippen molar-refractivity contribution in [2.24, 2.45) is 11.1 Å². The third kappa shape index (κ3) is 2.69. The van der Waals surface area contributed by atoms with Gasteiger partial charge in [-0.3, -0.25) is 14.7 Å². The fourth-order valence-electron chi connectivity index (χ4n) is 2.85. The zero-order chi connectivity index (χ0) is 14.0. The molecule has 3 rings (SSSR count). The minimum absolute atomic E-state index is 0.201. The Balaban J connectivity index is 1.51. The van der Waals surface area contributed by atoms with Gasteiger partial charge >= 0.3 is 0 Å². The molecule has 0 aromatic carbocycles. The fourth-order valence-corrected chi connectivity index (χ4v) is 2.85. The molecule has 2 N–H and O–H groups in total. The number of hydrogen-bond donors (Lipinski definition) is 1. The summed E-state index contributed by atoms with van der Waals surface area (Å²) in [4.78, 5) is 20.8. The lowest BCUT2D eigenvalue weighted by molar-refractivity contribution is -0.138. The van der Waals surface area contributed by atoms with Crippen LogP contribution in [0.5, 0.6) is 0 Å². The molecule has 2 aliphatic rings. The lowest BCUT2D eigenvalue weighted by Crippen LogP contribution is -2.51. The van der Waals surface area contributed by atoms with Gasteiger partial charge < -0.3 is 10.6 Å². The maximum absolute atomic E-state index is 12.4. The minimum Gasteiger partial charge on any atom is -0.340 e. The summed E-state index contributed by atoms with van der Waals surface area (Å²) in [5.41, 5.74) is 6.82. The molecule has 5 heteroatoms. The van der Waals surface area contributed by atoms with E-state index in [9.17, 15) is 4.79 Å². The summed E-state index contributed by atoms with van der Waals surface area (Å²) in [7, 11) is 0. The highest BCUT2D eigenvalue weighted by molar-refractivity contribution is 5.85. The molecule has 2 fully saturated rings. The number of nitrogens with two attached hydrogens (primary N) is 1. The molecule has 0 atom stereocenters. The number of amides is 1. The molecule has 1 saturated heterocycles. The van der Waals surface area contributed by atoms with Crippen molar-refractivity contribution in [3.8, 4) is 0 Å². The SMILES string of the molecule is NCC1(C(=O)N2CCN(Cc3ccncc3)CC2)CC1. The smallest absolute Gasteiger partial charge is 0.230 e. The largest absolute Gasteiger partial charge is 0.340 e. The summed E-state index contributed by atoms with van der Waals surface area (Å²) in [5.74, 6) is 0.281. The van der Waals surface area contributed by atoms with Crippen LogP contribution in [0.15, 0.2) is 24.5 Å². The Hall–Kier alpha value is -1.46. The van der Waals surface area contributed by atoms with Crippen molar-refractivity contribution >= 4 is 5.91 Å². The van der Waals surface area contributed by atoms with Gasteiger partial charge in [-0.2, -0.15) is 0 Å². The predicted octanol–water partition coefficient (Wildman–Crippen LogP) is 0.465. The molecule has 20 heavy (non-hydrogen) atoms. The third-order valence-corrected chi connectivity index (χ3v) is 4.51. The highest BCUT2D eigenvalue weighted by atomic mass is 16.2. The molecule has 0 radical (unpaired) electrons. The summed E-state index contributed by atoms with van der Waals surface area (Å²) in [5, 5.41) is 0. The van der Waals surface area contributed by atoms with Crippen molar-refractivity contribution in [2.75, 3.05) is 32.7 Å². The molecule has 1 aliphatic carbocycles. The molecule has 1 aromatic rings. The van der Waals surface area contributed by atoms with Crippen molar-refractivity contribution in [3.63, 3.8) is 0 Å². The van der Waals surface area contributed by atoms with Crippen LogP contribution < -0.4 is 5.73 Å². The van der Waals surface area contributed by atoms with E-state index in [-0.39, 0.29) is 11.3 Å². The molecule has 0 bridgehead atoms. The molecule has 0 unspecified atom stereocenters. The van der Waals surface area contributed by atoms with Gasteiger partial charge in [0.1, 0.15) is 0 Å². The Kier molecular flexibility index (Phi) is 3.72. The van der Waals surface area contributed by atoms with E-state index < -0.39 is 0 Å². The number of pyridine rings is 1. The van der Waals surface area contributed by atoms with E-state index in [1.807, 2.05) is 29.4 Å². The standard InChI is InChI=1S/C15H22N4O/c16-12-15(3-4-15)14(20)19-9-7-18(8-10-19)11-13-1-5-17-6-2-13/h1-2,5-6H,3-4,7-12,16H2. The Labute approximate surface area is 119 Å². The molecule has 0 spiro atoms. The Bertz CT molecular complexity index is 464. The molecule has 108 valence electrons. The maximum atomic E-state index is 12.4. The van der Waals surface area contributed by atoms with Gasteiger partial charge in [-0.1, -0.05) is 0 Å². The van der Waals surface area contributed by atoms with E-state index >= 15 is 0 Å². The first kappa shape index (κ1) is 13.5. The zero-order valence-corrected chi connectivity index (χ0v) is 11.8. The van der Waals surface area contributed by atoms with Gasteiger partial charge in [-0.25, -0.2) is 0 Å². The van der Waals surface area contributed by atoms with Crippen LogP contribution in [0, 0.1) is 5.41 Å².